The number of carbonyl (C=O) groups is 1. The highest BCUT2D eigenvalue weighted by molar-refractivity contribution is 5.88. The van der Waals surface area contributed by atoms with E-state index in [-0.39, 0.29) is 0 Å². The van der Waals surface area contributed by atoms with E-state index >= 15 is 0 Å². The first-order valence-corrected chi connectivity index (χ1v) is 10.4. The molecule has 4 heteroatoms. The fourth-order valence-electron chi connectivity index (χ4n) is 3.79. The van der Waals surface area contributed by atoms with Crippen LogP contribution in [0, 0.1) is 0 Å². The van der Waals surface area contributed by atoms with Gasteiger partial charge < -0.3 is 14.6 Å². The Hall–Kier alpha value is -3.53. The van der Waals surface area contributed by atoms with Crippen molar-refractivity contribution in [2.24, 2.45) is 0 Å². The number of methoxy groups -OCH3 is 2. The molecule has 0 heterocycles. The van der Waals surface area contributed by atoms with Crippen LogP contribution < -0.4 is 9.47 Å². The van der Waals surface area contributed by atoms with Crippen LogP contribution in [0.25, 0.3) is 28.3 Å². The van der Waals surface area contributed by atoms with Gasteiger partial charge in [-0.2, -0.15) is 0 Å². The molecule has 31 heavy (non-hydrogen) atoms. The molecule has 0 atom stereocenters. The molecule has 0 aromatic heterocycles. The van der Waals surface area contributed by atoms with Gasteiger partial charge in [0.2, 0.25) is 0 Å². The van der Waals surface area contributed by atoms with Crippen LogP contribution in [0.2, 0.25) is 0 Å². The third kappa shape index (κ3) is 4.97. The van der Waals surface area contributed by atoms with Crippen LogP contribution in [0.1, 0.15) is 30.5 Å². The lowest BCUT2D eigenvalue weighted by Gasteiger charge is -2.15. The molecule has 0 unspecified atom stereocenters. The Bertz CT molecular complexity index is 1110. The largest absolute Gasteiger partial charge is 0.497 e. The van der Waals surface area contributed by atoms with Gasteiger partial charge >= 0.3 is 5.97 Å². The zero-order valence-corrected chi connectivity index (χ0v) is 18.4. The lowest BCUT2D eigenvalue weighted by molar-refractivity contribution is -0.131. The fraction of sp³-hybridized carbons (Fsp3) is 0.222. The summed E-state index contributed by atoms with van der Waals surface area (Å²) >= 11 is 0. The van der Waals surface area contributed by atoms with Crippen LogP contribution in [0.4, 0.5) is 0 Å². The van der Waals surface area contributed by atoms with Crippen molar-refractivity contribution in [1.29, 1.82) is 0 Å². The van der Waals surface area contributed by atoms with Gasteiger partial charge in [-0.1, -0.05) is 44.2 Å². The van der Waals surface area contributed by atoms with Crippen molar-refractivity contribution in [3.8, 4) is 33.8 Å². The van der Waals surface area contributed by atoms with Crippen LogP contribution in [-0.2, 0) is 17.6 Å². The van der Waals surface area contributed by atoms with Gasteiger partial charge in [-0.15, -0.1) is 0 Å². The maximum atomic E-state index is 11.0. The van der Waals surface area contributed by atoms with Gasteiger partial charge in [0.15, 0.2) is 0 Å². The van der Waals surface area contributed by atoms with Gasteiger partial charge in [-0.25, -0.2) is 4.79 Å². The van der Waals surface area contributed by atoms with Gasteiger partial charge in [0, 0.05) is 6.08 Å². The molecule has 4 nitrogen and oxygen atoms in total. The minimum atomic E-state index is -0.982. The third-order valence-corrected chi connectivity index (χ3v) is 5.43. The van der Waals surface area contributed by atoms with E-state index in [9.17, 15) is 4.79 Å². The number of hydrogen-bond donors (Lipinski definition) is 1. The summed E-state index contributed by atoms with van der Waals surface area (Å²) in [6.07, 6.45) is 4.54. The van der Waals surface area contributed by atoms with Gasteiger partial charge in [-0.05, 0) is 82.1 Å². The summed E-state index contributed by atoms with van der Waals surface area (Å²) < 4.78 is 10.8. The minimum absolute atomic E-state index is 0.687. The second-order valence-corrected chi connectivity index (χ2v) is 7.23. The van der Waals surface area contributed by atoms with Crippen LogP contribution in [0.3, 0.4) is 0 Å². The van der Waals surface area contributed by atoms with Crippen molar-refractivity contribution in [3.63, 3.8) is 0 Å². The zero-order chi connectivity index (χ0) is 22.4. The number of benzene rings is 3. The molecule has 3 aromatic rings. The van der Waals surface area contributed by atoms with Crippen LogP contribution in [0.5, 0.6) is 11.5 Å². The highest BCUT2D eigenvalue weighted by Gasteiger charge is 2.11. The maximum absolute atomic E-state index is 11.0. The van der Waals surface area contributed by atoms with Gasteiger partial charge in [0.1, 0.15) is 11.5 Å². The average molecular weight is 417 g/mol. The highest BCUT2D eigenvalue weighted by atomic mass is 16.5. The normalized spacial score (nSPS) is 11.0. The van der Waals surface area contributed by atoms with E-state index in [1.807, 2.05) is 24.3 Å². The zero-order valence-electron chi connectivity index (χ0n) is 18.4. The predicted molar refractivity (Wildman–Crippen MR) is 126 cm³/mol. The molecule has 0 aliphatic carbocycles. The molecule has 0 spiro atoms. The predicted octanol–water partition coefficient (Wildman–Crippen LogP) is 6.26. The van der Waals surface area contributed by atoms with E-state index in [2.05, 4.69) is 44.2 Å². The molecular weight excluding hydrogens is 388 g/mol. The molecule has 0 saturated carbocycles. The van der Waals surface area contributed by atoms with E-state index in [0.717, 1.165) is 41.4 Å². The number of rotatable bonds is 8. The maximum Gasteiger partial charge on any atom is 0.328 e. The Morgan fingerprint density at radius 1 is 0.839 bits per heavy atom. The third-order valence-electron chi connectivity index (χ3n) is 5.43. The number of carboxylic acids is 1. The molecule has 0 aliphatic heterocycles. The number of aliphatic carboxylic acids is 1. The molecule has 0 saturated heterocycles. The molecule has 3 rings (SSSR count). The van der Waals surface area contributed by atoms with E-state index in [0.29, 0.717) is 5.75 Å². The average Bonchev–Trinajstić information content (AvgIpc) is 2.81. The molecule has 0 radical (unpaired) electrons. The van der Waals surface area contributed by atoms with E-state index in [1.165, 1.54) is 22.3 Å². The lowest BCUT2D eigenvalue weighted by atomic mass is 9.91. The Labute approximate surface area is 183 Å². The van der Waals surface area contributed by atoms with Gasteiger partial charge in [0.25, 0.3) is 0 Å². The van der Waals surface area contributed by atoms with Crippen molar-refractivity contribution in [2.45, 2.75) is 26.7 Å². The summed E-state index contributed by atoms with van der Waals surface area (Å²) in [5.41, 5.74) is 7.58. The van der Waals surface area contributed by atoms with Crippen molar-refractivity contribution < 1.29 is 19.4 Å². The highest BCUT2D eigenvalue weighted by Crippen LogP contribution is 2.34. The quantitative estimate of drug-likeness (QED) is 0.440. The standard InChI is InChI=1S/C27H28O4/c1-5-18-15-20(25-12-10-23(30-3)17-22(25)9-14-27(28)29)7-11-24(18)21-8-13-26(31-4)19(6-2)16-21/h7-17H,5-6H2,1-4H3,(H,28,29)/b14-9+. The summed E-state index contributed by atoms with van der Waals surface area (Å²) in [6, 6.07) is 18.5. The van der Waals surface area contributed by atoms with Crippen molar-refractivity contribution in [2.75, 3.05) is 14.2 Å². The topological polar surface area (TPSA) is 55.8 Å². The Balaban J connectivity index is 2.09. The molecule has 1 N–H and O–H groups in total. The summed E-state index contributed by atoms with van der Waals surface area (Å²) in [7, 11) is 3.30. The fourth-order valence-corrected chi connectivity index (χ4v) is 3.79. The molecule has 0 amide bonds. The number of ether oxygens (including phenoxy) is 2. The smallest absolute Gasteiger partial charge is 0.328 e. The molecular formula is C27H28O4. The van der Waals surface area contributed by atoms with Crippen molar-refractivity contribution in [3.05, 3.63) is 77.4 Å². The Kier molecular flexibility index (Phi) is 7.14. The van der Waals surface area contributed by atoms with Crippen molar-refractivity contribution in [1.82, 2.24) is 0 Å². The van der Waals surface area contributed by atoms with Gasteiger partial charge in [0.05, 0.1) is 14.2 Å². The van der Waals surface area contributed by atoms with E-state index in [1.54, 1.807) is 20.3 Å². The van der Waals surface area contributed by atoms with Crippen molar-refractivity contribution >= 4 is 12.0 Å². The molecule has 0 aliphatic rings. The number of aryl methyl sites for hydroxylation is 2. The monoisotopic (exact) mass is 416 g/mol. The van der Waals surface area contributed by atoms with E-state index in [4.69, 9.17) is 14.6 Å². The first-order chi connectivity index (χ1) is 15.0. The minimum Gasteiger partial charge on any atom is -0.497 e. The molecule has 0 bridgehead atoms. The summed E-state index contributed by atoms with van der Waals surface area (Å²) in [5.74, 6) is 0.616. The second kappa shape index (κ2) is 9.98. The van der Waals surface area contributed by atoms with E-state index < -0.39 is 5.97 Å². The molecule has 160 valence electrons. The summed E-state index contributed by atoms with van der Waals surface area (Å²) in [5, 5.41) is 9.06. The number of hydrogen-bond acceptors (Lipinski definition) is 3. The Morgan fingerprint density at radius 3 is 2.13 bits per heavy atom. The summed E-state index contributed by atoms with van der Waals surface area (Å²) in [6.45, 7) is 4.27. The molecule has 0 fully saturated rings. The molecule has 3 aromatic carbocycles. The lowest BCUT2D eigenvalue weighted by Crippen LogP contribution is -1.95. The van der Waals surface area contributed by atoms with Crippen LogP contribution >= 0.6 is 0 Å². The SMILES string of the molecule is CCc1cc(-c2ccc(-c3ccc(OC)cc3/C=C/C(=O)O)cc2CC)ccc1OC. The Morgan fingerprint density at radius 2 is 1.48 bits per heavy atom. The summed E-state index contributed by atoms with van der Waals surface area (Å²) in [4.78, 5) is 11.0. The first kappa shape index (κ1) is 22.2. The first-order valence-electron chi connectivity index (χ1n) is 10.4. The second-order valence-electron chi connectivity index (χ2n) is 7.23. The van der Waals surface area contributed by atoms with Crippen LogP contribution in [0.15, 0.2) is 60.7 Å². The van der Waals surface area contributed by atoms with Gasteiger partial charge in [-0.3, -0.25) is 0 Å². The van der Waals surface area contributed by atoms with Crippen LogP contribution in [-0.4, -0.2) is 25.3 Å². The number of carboxylic acid groups (broad SMARTS) is 1.